The average Bonchev–Trinajstić information content (AvgIpc) is 1.69. The molecule has 0 aliphatic rings. The van der Waals surface area contributed by atoms with Gasteiger partial charge in [0.2, 0.25) is 0 Å². The van der Waals surface area contributed by atoms with Crippen LogP contribution in [0, 0.1) is 0 Å². The first-order valence-electron chi connectivity index (χ1n) is 2.07. The maximum atomic E-state index is 4.90. The van der Waals surface area contributed by atoms with E-state index < -0.39 is 0 Å². The third-order valence-electron chi connectivity index (χ3n) is 0.482. The first-order valence-corrected chi connectivity index (χ1v) is 2.07. The fourth-order valence-electron chi connectivity index (χ4n) is 0.201. The van der Waals surface area contributed by atoms with E-state index in [1.54, 1.807) is 0 Å². The minimum atomic E-state index is 0.583. The van der Waals surface area contributed by atoms with Gasteiger partial charge in [0.15, 0.2) is 0 Å². The van der Waals surface area contributed by atoms with Crippen LogP contribution in [0.5, 0.6) is 0 Å². The predicted octanol–water partition coefficient (Wildman–Crippen LogP) is -0.390. The van der Waals surface area contributed by atoms with E-state index in [9.17, 15) is 0 Å². The summed E-state index contributed by atoms with van der Waals surface area (Å²) in [4.78, 5) is 0. The summed E-state index contributed by atoms with van der Waals surface area (Å²) in [6.45, 7) is 4.58. The van der Waals surface area contributed by atoms with Gasteiger partial charge in [-0.3, -0.25) is 11.3 Å². The van der Waals surface area contributed by atoms with Crippen molar-refractivity contribution in [3.05, 3.63) is 12.8 Å². The summed E-state index contributed by atoms with van der Waals surface area (Å²) in [5.41, 5.74) is 2.43. The van der Waals surface area contributed by atoms with E-state index in [4.69, 9.17) is 10.6 Å². The highest BCUT2D eigenvalue weighted by Crippen LogP contribution is 1.67. The normalized spacial score (nSPS) is 8.14. The van der Waals surface area contributed by atoms with E-state index in [2.05, 4.69) is 12.0 Å². The molecule has 0 aliphatic heterocycles. The molecule has 0 aromatic heterocycles. The highest BCUT2D eigenvalue weighted by atomic mass is 16.5. The van der Waals surface area contributed by atoms with Crippen LogP contribution in [-0.4, -0.2) is 13.2 Å². The largest absolute Gasteiger partial charge is 0.500 e. The molecule has 0 spiro atoms. The summed E-state index contributed by atoms with van der Waals surface area (Å²) < 4.78 is 4.70. The number of hydrogen-bond acceptors (Lipinski definition) is 3. The minimum absolute atomic E-state index is 0.583. The Morgan fingerprint density at radius 2 is 2.57 bits per heavy atom. The zero-order valence-electron chi connectivity index (χ0n) is 4.18. The molecule has 0 aliphatic carbocycles. The Bertz CT molecular complexity index is 47.0. The molecule has 0 radical (unpaired) electrons. The summed E-state index contributed by atoms with van der Waals surface area (Å²) in [7, 11) is 0. The predicted molar refractivity (Wildman–Crippen MR) is 28.3 cm³/mol. The van der Waals surface area contributed by atoms with Crippen LogP contribution in [-0.2, 0) is 4.74 Å². The van der Waals surface area contributed by atoms with Crippen LogP contribution in [0.4, 0.5) is 0 Å². The number of nitrogens with one attached hydrogen (secondary N) is 1. The van der Waals surface area contributed by atoms with Crippen LogP contribution in [0.2, 0.25) is 0 Å². The lowest BCUT2D eigenvalue weighted by molar-refractivity contribution is 0.251. The molecule has 3 N–H and O–H groups in total. The summed E-state index contributed by atoms with van der Waals surface area (Å²) in [5.74, 6) is 4.90. The van der Waals surface area contributed by atoms with Crippen LogP contribution >= 0.6 is 0 Å². The Hall–Kier alpha value is -0.540. The maximum absolute atomic E-state index is 4.90. The zero-order valence-corrected chi connectivity index (χ0v) is 4.18. The van der Waals surface area contributed by atoms with Gasteiger partial charge in [0.05, 0.1) is 6.26 Å². The molecule has 3 nitrogen and oxygen atoms in total. The van der Waals surface area contributed by atoms with Gasteiger partial charge in [0.25, 0.3) is 0 Å². The van der Waals surface area contributed by atoms with Crippen molar-refractivity contribution in [2.24, 2.45) is 5.84 Å². The second-order valence-electron chi connectivity index (χ2n) is 0.992. The molecule has 0 heterocycles. The monoisotopic (exact) mass is 102 g/mol. The van der Waals surface area contributed by atoms with Crippen molar-refractivity contribution >= 4 is 0 Å². The maximum Gasteiger partial charge on any atom is 0.101 e. The van der Waals surface area contributed by atoms with E-state index in [0.29, 0.717) is 13.2 Å². The van der Waals surface area contributed by atoms with Gasteiger partial charge in [0.1, 0.15) is 6.61 Å². The molecule has 0 bridgehead atoms. The van der Waals surface area contributed by atoms with Crippen molar-refractivity contribution in [2.45, 2.75) is 0 Å². The molecule has 0 saturated heterocycles. The standard InChI is InChI=1S/C4H10N2O/c1-2-7-4-3-6-5/h2,6H,1,3-5H2. The van der Waals surface area contributed by atoms with Crippen molar-refractivity contribution < 1.29 is 4.74 Å². The lowest BCUT2D eigenvalue weighted by Gasteiger charge is -1.95. The van der Waals surface area contributed by atoms with Crippen LogP contribution in [0.3, 0.4) is 0 Å². The first kappa shape index (κ1) is 6.46. The first-order chi connectivity index (χ1) is 3.41. The SMILES string of the molecule is C=COCCNN. The van der Waals surface area contributed by atoms with Gasteiger partial charge in [0, 0.05) is 6.54 Å². The van der Waals surface area contributed by atoms with Crippen molar-refractivity contribution in [3.8, 4) is 0 Å². The molecule has 0 aromatic rings. The molecule has 0 atom stereocenters. The third kappa shape index (κ3) is 5.46. The molecule has 0 amide bonds. The van der Waals surface area contributed by atoms with E-state index >= 15 is 0 Å². The van der Waals surface area contributed by atoms with E-state index in [-0.39, 0.29) is 0 Å². The van der Waals surface area contributed by atoms with E-state index in [1.807, 2.05) is 0 Å². The number of hydrogen-bond donors (Lipinski definition) is 2. The second kappa shape index (κ2) is 5.46. The molecule has 0 unspecified atom stereocenters. The molecular formula is C4H10N2O. The molecule has 42 valence electrons. The van der Waals surface area contributed by atoms with Gasteiger partial charge < -0.3 is 4.74 Å². The van der Waals surface area contributed by atoms with Crippen molar-refractivity contribution in [1.29, 1.82) is 0 Å². The number of nitrogens with two attached hydrogens (primary N) is 1. The van der Waals surface area contributed by atoms with Crippen LogP contribution in [0.1, 0.15) is 0 Å². The molecule has 0 saturated carbocycles. The van der Waals surface area contributed by atoms with Crippen LogP contribution in [0.15, 0.2) is 12.8 Å². The molecule has 0 fully saturated rings. The molecule has 0 aromatic carbocycles. The summed E-state index contributed by atoms with van der Waals surface area (Å²) in [6.07, 6.45) is 1.39. The van der Waals surface area contributed by atoms with E-state index in [1.165, 1.54) is 6.26 Å². The molecule has 7 heavy (non-hydrogen) atoms. The summed E-state index contributed by atoms with van der Waals surface area (Å²) in [6, 6.07) is 0. The van der Waals surface area contributed by atoms with Crippen molar-refractivity contribution in [2.75, 3.05) is 13.2 Å². The fraction of sp³-hybridized carbons (Fsp3) is 0.500. The van der Waals surface area contributed by atoms with E-state index in [0.717, 1.165) is 0 Å². The molecular weight excluding hydrogens is 92.1 g/mol. The number of ether oxygens (including phenoxy) is 1. The van der Waals surface area contributed by atoms with Crippen LogP contribution in [0.25, 0.3) is 0 Å². The Labute approximate surface area is 43.1 Å². The zero-order chi connectivity index (χ0) is 5.54. The lowest BCUT2D eigenvalue weighted by Crippen LogP contribution is -2.25. The smallest absolute Gasteiger partial charge is 0.101 e. The second-order valence-corrected chi connectivity index (χ2v) is 0.992. The molecule has 0 rings (SSSR count). The fourth-order valence-corrected chi connectivity index (χ4v) is 0.201. The summed E-state index contributed by atoms with van der Waals surface area (Å²) in [5, 5.41) is 0. The highest BCUT2D eigenvalue weighted by molar-refractivity contribution is 4.48. The Balaban J connectivity index is 2.56. The highest BCUT2D eigenvalue weighted by Gasteiger charge is 1.74. The number of rotatable bonds is 4. The van der Waals surface area contributed by atoms with Crippen molar-refractivity contribution in [3.63, 3.8) is 0 Å². The average molecular weight is 102 g/mol. The lowest BCUT2D eigenvalue weighted by atomic mass is 10.7. The Kier molecular flexibility index (Phi) is 5.04. The molecule has 3 heteroatoms. The van der Waals surface area contributed by atoms with Gasteiger partial charge in [-0.2, -0.15) is 0 Å². The minimum Gasteiger partial charge on any atom is -0.500 e. The van der Waals surface area contributed by atoms with Crippen LogP contribution < -0.4 is 11.3 Å². The van der Waals surface area contributed by atoms with Gasteiger partial charge >= 0.3 is 0 Å². The van der Waals surface area contributed by atoms with Crippen molar-refractivity contribution in [1.82, 2.24) is 5.43 Å². The van der Waals surface area contributed by atoms with Gasteiger partial charge in [-0.1, -0.05) is 6.58 Å². The summed E-state index contributed by atoms with van der Waals surface area (Å²) >= 11 is 0. The number of hydrazine groups is 1. The Morgan fingerprint density at radius 3 is 3.00 bits per heavy atom. The topological polar surface area (TPSA) is 47.3 Å². The third-order valence-corrected chi connectivity index (χ3v) is 0.482. The van der Waals surface area contributed by atoms with Gasteiger partial charge in [-0.25, -0.2) is 0 Å². The quantitative estimate of drug-likeness (QED) is 0.220. The Morgan fingerprint density at radius 1 is 1.86 bits per heavy atom. The van der Waals surface area contributed by atoms with Gasteiger partial charge in [-0.15, -0.1) is 0 Å². The van der Waals surface area contributed by atoms with Gasteiger partial charge in [-0.05, 0) is 0 Å².